The van der Waals surface area contributed by atoms with E-state index in [1.807, 2.05) is 18.2 Å². The van der Waals surface area contributed by atoms with Crippen molar-refractivity contribution in [2.24, 2.45) is 0 Å². The average Bonchev–Trinajstić information content (AvgIpc) is 2.41. The first-order valence-electron chi connectivity index (χ1n) is 6.30. The maximum atomic E-state index is 8.95. The van der Waals surface area contributed by atoms with Gasteiger partial charge in [0.1, 0.15) is 0 Å². The Morgan fingerprint density at radius 2 is 2.18 bits per heavy atom. The van der Waals surface area contributed by atoms with E-state index in [1.54, 1.807) is 0 Å². The molecule has 90 valence electrons. The molecule has 1 aromatic carbocycles. The molecule has 1 fully saturated rings. The summed E-state index contributed by atoms with van der Waals surface area (Å²) < 4.78 is 0. The molecule has 1 heterocycles. The third-order valence-electron chi connectivity index (χ3n) is 3.38. The Morgan fingerprint density at radius 1 is 1.41 bits per heavy atom. The van der Waals surface area contributed by atoms with Crippen molar-refractivity contribution in [1.82, 2.24) is 10.2 Å². The van der Waals surface area contributed by atoms with Crippen molar-refractivity contribution in [3.8, 4) is 6.07 Å². The summed E-state index contributed by atoms with van der Waals surface area (Å²) in [5, 5.41) is 12.3. The van der Waals surface area contributed by atoms with Gasteiger partial charge in [-0.3, -0.25) is 4.90 Å². The molecule has 1 N–H and O–H groups in total. The molecule has 1 aromatic rings. The molecule has 3 nitrogen and oxygen atoms in total. The summed E-state index contributed by atoms with van der Waals surface area (Å²) in [6.45, 7) is 6.53. The van der Waals surface area contributed by atoms with Gasteiger partial charge in [-0.1, -0.05) is 19.1 Å². The van der Waals surface area contributed by atoms with Gasteiger partial charge < -0.3 is 5.32 Å². The molecule has 0 radical (unpaired) electrons. The average molecular weight is 229 g/mol. The van der Waals surface area contributed by atoms with Gasteiger partial charge in [-0.2, -0.15) is 5.26 Å². The van der Waals surface area contributed by atoms with Gasteiger partial charge in [0.2, 0.25) is 0 Å². The van der Waals surface area contributed by atoms with Crippen LogP contribution in [0.3, 0.4) is 0 Å². The van der Waals surface area contributed by atoms with E-state index < -0.39 is 0 Å². The number of benzene rings is 1. The molecule has 2 rings (SSSR count). The molecule has 1 atom stereocenters. The van der Waals surface area contributed by atoms with Crippen molar-refractivity contribution in [3.05, 3.63) is 35.4 Å². The summed E-state index contributed by atoms with van der Waals surface area (Å²) in [5.41, 5.74) is 2.03. The van der Waals surface area contributed by atoms with Gasteiger partial charge >= 0.3 is 0 Å². The second kappa shape index (κ2) is 5.81. The molecular weight excluding hydrogens is 210 g/mol. The summed E-state index contributed by atoms with van der Waals surface area (Å²) in [6.07, 6.45) is 1.09. The Balaban J connectivity index is 2.18. The Kier molecular flexibility index (Phi) is 4.13. The topological polar surface area (TPSA) is 39.1 Å². The molecule has 0 unspecified atom stereocenters. The van der Waals surface area contributed by atoms with Crippen molar-refractivity contribution in [1.29, 1.82) is 5.26 Å². The van der Waals surface area contributed by atoms with Crippen molar-refractivity contribution in [2.75, 3.05) is 26.2 Å². The van der Waals surface area contributed by atoms with Crippen LogP contribution < -0.4 is 5.32 Å². The lowest BCUT2D eigenvalue weighted by molar-refractivity contribution is 0.169. The summed E-state index contributed by atoms with van der Waals surface area (Å²) in [4.78, 5) is 2.51. The predicted octanol–water partition coefficient (Wildman–Crippen LogP) is 1.91. The van der Waals surface area contributed by atoms with E-state index in [2.05, 4.69) is 29.3 Å². The van der Waals surface area contributed by atoms with Gasteiger partial charge in [0, 0.05) is 32.2 Å². The van der Waals surface area contributed by atoms with E-state index in [1.165, 1.54) is 5.56 Å². The maximum absolute atomic E-state index is 8.95. The quantitative estimate of drug-likeness (QED) is 0.860. The van der Waals surface area contributed by atoms with Crippen LogP contribution in [-0.2, 0) is 0 Å². The SMILES string of the molecule is CC[C@H](c1cccc(C#N)c1)N1CCNCC1. The highest BCUT2D eigenvalue weighted by Gasteiger charge is 2.20. The number of nitriles is 1. The number of nitrogens with zero attached hydrogens (tertiary/aromatic N) is 2. The number of hydrogen-bond acceptors (Lipinski definition) is 3. The van der Waals surface area contributed by atoms with E-state index in [0.29, 0.717) is 6.04 Å². The summed E-state index contributed by atoms with van der Waals surface area (Å²) in [7, 11) is 0. The smallest absolute Gasteiger partial charge is 0.0991 e. The highest BCUT2D eigenvalue weighted by molar-refractivity contribution is 5.34. The Hall–Kier alpha value is -1.37. The van der Waals surface area contributed by atoms with E-state index in [4.69, 9.17) is 5.26 Å². The lowest BCUT2D eigenvalue weighted by Crippen LogP contribution is -2.45. The lowest BCUT2D eigenvalue weighted by Gasteiger charge is -2.34. The number of hydrogen-bond donors (Lipinski definition) is 1. The first-order chi connectivity index (χ1) is 8.35. The second-order valence-corrected chi connectivity index (χ2v) is 4.45. The fourth-order valence-electron chi connectivity index (χ4n) is 2.51. The van der Waals surface area contributed by atoms with Gasteiger partial charge in [-0.15, -0.1) is 0 Å². The summed E-state index contributed by atoms with van der Waals surface area (Å²) >= 11 is 0. The van der Waals surface area contributed by atoms with Crippen LogP contribution >= 0.6 is 0 Å². The molecule has 3 heteroatoms. The molecular formula is C14H19N3. The van der Waals surface area contributed by atoms with Crippen LogP contribution in [0.25, 0.3) is 0 Å². The van der Waals surface area contributed by atoms with Crippen LogP contribution in [0.2, 0.25) is 0 Å². The number of piperazine rings is 1. The van der Waals surface area contributed by atoms with E-state index in [-0.39, 0.29) is 0 Å². The van der Waals surface area contributed by atoms with E-state index in [0.717, 1.165) is 38.2 Å². The highest BCUT2D eigenvalue weighted by atomic mass is 15.2. The zero-order valence-corrected chi connectivity index (χ0v) is 10.3. The minimum Gasteiger partial charge on any atom is -0.314 e. The monoisotopic (exact) mass is 229 g/mol. The molecule has 1 saturated heterocycles. The van der Waals surface area contributed by atoms with Crippen molar-refractivity contribution < 1.29 is 0 Å². The molecule has 17 heavy (non-hydrogen) atoms. The second-order valence-electron chi connectivity index (χ2n) is 4.45. The summed E-state index contributed by atoms with van der Waals surface area (Å²) in [5.74, 6) is 0. The lowest BCUT2D eigenvalue weighted by atomic mass is 10.00. The van der Waals surface area contributed by atoms with Crippen LogP contribution in [0.15, 0.2) is 24.3 Å². The first kappa shape index (κ1) is 12.1. The molecule has 1 aliphatic heterocycles. The van der Waals surface area contributed by atoms with Crippen molar-refractivity contribution in [3.63, 3.8) is 0 Å². The minimum absolute atomic E-state index is 0.449. The third-order valence-corrected chi connectivity index (χ3v) is 3.38. The van der Waals surface area contributed by atoms with E-state index >= 15 is 0 Å². The largest absolute Gasteiger partial charge is 0.314 e. The third kappa shape index (κ3) is 2.85. The van der Waals surface area contributed by atoms with E-state index in [9.17, 15) is 0 Å². The van der Waals surface area contributed by atoms with Crippen LogP contribution in [-0.4, -0.2) is 31.1 Å². The standard InChI is InChI=1S/C14H19N3/c1-2-14(17-8-6-16-7-9-17)13-5-3-4-12(10-13)11-15/h3-5,10,14,16H,2,6-9H2,1H3/t14-/m1/s1. The van der Waals surface area contributed by atoms with Gasteiger partial charge in [0.05, 0.1) is 11.6 Å². The van der Waals surface area contributed by atoms with Crippen molar-refractivity contribution in [2.45, 2.75) is 19.4 Å². The molecule has 1 aliphatic rings. The van der Waals surface area contributed by atoms with Crippen LogP contribution in [0, 0.1) is 11.3 Å². The predicted molar refractivity (Wildman–Crippen MR) is 68.6 cm³/mol. The fraction of sp³-hybridized carbons (Fsp3) is 0.500. The molecule has 0 spiro atoms. The highest BCUT2D eigenvalue weighted by Crippen LogP contribution is 2.24. The Morgan fingerprint density at radius 3 is 2.82 bits per heavy atom. The fourth-order valence-corrected chi connectivity index (χ4v) is 2.51. The minimum atomic E-state index is 0.449. The molecule has 0 aromatic heterocycles. The Labute approximate surface area is 103 Å². The zero-order valence-electron chi connectivity index (χ0n) is 10.3. The van der Waals surface area contributed by atoms with Gasteiger partial charge in [0.25, 0.3) is 0 Å². The van der Waals surface area contributed by atoms with Crippen LogP contribution in [0.1, 0.15) is 30.5 Å². The molecule has 0 aliphatic carbocycles. The van der Waals surface area contributed by atoms with Gasteiger partial charge in [-0.05, 0) is 24.1 Å². The zero-order chi connectivity index (χ0) is 12.1. The van der Waals surface area contributed by atoms with Gasteiger partial charge in [-0.25, -0.2) is 0 Å². The van der Waals surface area contributed by atoms with Gasteiger partial charge in [0.15, 0.2) is 0 Å². The molecule has 0 bridgehead atoms. The Bertz CT molecular complexity index is 402. The van der Waals surface area contributed by atoms with Crippen LogP contribution in [0.5, 0.6) is 0 Å². The summed E-state index contributed by atoms with van der Waals surface area (Å²) in [6, 6.07) is 10.7. The molecule has 0 saturated carbocycles. The maximum Gasteiger partial charge on any atom is 0.0991 e. The van der Waals surface area contributed by atoms with Crippen molar-refractivity contribution >= 4 is 0 Å². The van der Waals surface area contributed by atoms with Crippen LogP contribution in [0.4, 0.5) is 0 Å². The number of nitrogens with one attached hydrogen (secondary N) is 1. The normalized spacial score (nSPS) is 18.6. The molecule has 0 amide bonds. The number of rotatable bonds is 3. The first-order valence-corrected chi connectivity index (χ1v) is 6.30.